The summed E-state index contributed by atoms with van der Waals surface area (Å²) in [4.78, 5) is 50.0. The highest BCUT2D eigenvalue weighted by atomic mass is 32.2. The monoisotopic (exact) mass is 414 g/mol. The molecule has 3 rings (SSSR count). The molecule has 28 heavy (non-hydrogen) atoms. The molecule has 156 valence electrons. The molecule has 9 nitrogen and oxygen atoms in total. The van der Waals surface area contributed by atoms with Gasteiger partial charge in [-0.2, -0.15) is 0 Å². The number of hydrogen-bond donors (Lipinski definition) is 1. The molecular weight excluding hydrogens is 388 g/mol. The highest BCUT2D eigenvalue weighted by Gasteiger charge is 2.47. The Bertz CT molecular complexity index is 755. The van der Waals surface area contributed by atoms with Crippen LogP contribution in [0.1, 0.15) is 45.4 Å². The number of carbonyl (C=O) groups excluding carboxylic acids is 4. The molecule has 0 radical (unpaired) electrons. The average molecular weight is 414 g/mol. The van der Waals surface area contributed by atoms with Crippen LogP contribution in [0.25, 0.3) is 0 Å². The first-order valence-corrected chi connectivity index (χ1v) is 11.6. The number of likely N-dealkylation sites (tertiary alicyclic amines) is 1. The first kappa shape index (κ1) is 20.8. The maximum Gasteiger partial charge on any atom is 0.308 e. The van der Waals surface area contributed by atoms with Crippen LogP contribution in [0.4, 0.5) is 0 Å². The molecule has 1 N–H and O–H groups in total. The van der Waals surface area contributed by atoms with E-state index in [2.05, 4.69) is 5.32 Å². The lowest BCUT2D eigenvalue weighted by atomic mass is 9.81. The molecular formula is C18H26N2O7S. The number of rotatable bonds is 6. The van der Waals surface area contributed by atoms with Crippen LogP contribution in [0, 0.1) is 11.8 Å². The van der Waals surface area contributed by atoms with Crippen LogP contribution in [0.5, 0.6) is 0 Å². The molecule has 0 bridgehead atoms. The summed E-state index contributed by atoms with van der Waals surface area (Å²) in [5.41, 5.74) is 0. The van der Waals surface area contributed by atoms with Gasteiger partial charge in [-0.15, -0.1) is 0 Å². The molecule has 0 aromatic heterocycles. The van der Waals surface area contributed by atoms with Crippen LogP contribution >= 0.6 is 0 Å². The third kappa shape index (κ3) is 4.53. The van der Waals surface area contributed by atoms with Crippen molar-refractivity contribution in [3.05, 3.63) is 0 Å². The molecule has 0 spiro atoms. The SMILES string of the molecule is C[C@H](OC(=O)CCN1C(=O)[C@H]2CCCC[C@H]2C1=O)C(=O)N[C@H]1CCS(=O)(=O)C1. The van der Waals surface area contributed by atoms with Crippen LogP contribution in [0.2, 0.25) is 0 Å². The number of nitrogens with zero attached hydrogens (tertiary/aromatic N) is 1. The van der Waals surface area contributed by atoms with Crippen molar-refractivity contribution >= 4 is 33.5 Å². The molecule has 2 heterocycles. The van der Waals surface area contributed by atoms with Gasteiger partial charge in [0.15, 0.2) is 15.9 Å². The lowest BCUT2D eigenvalue weighted by molar-refractivity contribution is -0.155. The number of sulfone groups is 1. The Kier molecular flexibility index (Phi) is 6.07. The molecule has 2 aliphatic heterocycles. The van der Waals surface area contributed by atoms with Crippen LogP contribution in [0.3, 0.4) is 0 Å². The molecule has 3 aliphatic rings. The van der Waals surface area contributed by atoms with Gasteiger partial charge in [0.25, 0.3) is 5.91 Å². The molecule has 3 fully saturated rings. The van der Waals surface area contributed by atoms with E-state index in [1.165, 1.54) is 6.92 Å². The molecule has 0 aromatic rings. The summed E-state index contributed by atoms with van der Waals surface area (Å²) in [6, 6.07) is -0.471. The number of hydrogen-bond acceptors (Lipinski definition) is 7. The molecule has 3 amide bonds. The van der Waals surface area contributed by atoms with Gasteiger partial charge >= 0.3 is 5.97 Å². The summed E-state index contributed by atoms with van der Waals surface area (Å²) >= 11 is 0. The second-order valence-corrected chi connectivity index (χ2v) is 10.0. The van der Waals surface area contributed by atoms with Crippen molar-refractivity contribution in [2.24, 2.45) is 11.8 Å². The highest BCUT2D eigenvalue weighted by molar-refractivity contribution is 7.91. The number of esters is 1. The van der Waals surface area contributed by atoms with Gasteiger partial charge in [0, 0.05) is 12.6 Å². The Balaban J connectivity index is 1.44. The summed E-state index contributed by atoms with van der Waals surface area (Å²) in [5, 5.41) is 2.57. The molecule has 0 unspecified atom stereocenters. The predicted octanol–water partition coefficient (Wildman–Crippen LogP) is -0.213. The third-order valence-corrected chi connectivity index (χ3v) is 7.50. The summed E-state index contributed by atoms with van der Waals surface area (Å²) in [7, 11) is -3.12. The zero-order chi connectivity index (χ0) is 20.5. The van der Waals surface area contributed by atoms with Crippen molar-refractivity contribution in [2.75, 3.05) is 18.1 Å². The molecule has 1 saturated carbocycles. The number of carbonyl (C=O) groups is 4. The van der Waals surface area contributed by atoms with E-state index in [0.29, 0.717) is 19.3 Å². The Morgan fingerprint density at radius 1 is 1.14 bits per heavy atom. The first-order chi connectivity index (χ1) is 13.2. The van der Waals surface area contributed by atoms with E-state index < -0.39 is 33.9 Å². The minimum Gasteiger partial charge on any atom is -0.452 e. The second-order valence-electron chi connectivity index (χ2n) is 7.82. The predicted molar refractivity (Wildman–Crippen MR) is 97.5 cm³/mol. The minimum absolute atomic E-state index is 0.0337. The van der Waals surface area contributed by atoms with E-state index >= 15 is 0 Å². The fourth-order valence-corrected chi connectivity index (χ4v) is 5.86. The van der Waals surface area contributed by atoms with E-state index in [-0.39, 0.29) is 48.1 Å². The van der Waals surface area contributed by atoms with Crippen molar-refractivity contribution < 1.29 is 32.3 Å². The van der Waals surface area contributed by atoms with Gasteiger partial charge in [-0.1, -0.05) is 12.8 Å². The first-order valence-electron chi connectivity index (χ1n) is 9.73. The van der Waals surface area contributed by atoms with E-state index in [0.717, 1.165) is 17.7 Å². The smallest absolute Gasteiger partial charge is 0.308 e. The van der Waals surface area contributed by atoms with Gasteiger partial charge in [-0.05, 0) is 26.2 Å². The topological polar surface area (TPSA) is 127 Å². The Hall–Kier alpha value is -1.97. The number of fused-ring (bicyclic) bond motifs is 1. The van der Waals surface area contributed by atoms with Crippen LogP contribution in [-0.2, 0) is 33.8 Å². The summed E-state index contributed by atoms with van der Waals surface area (Å²) < 4.78 is 27.9. The van der Waals surface area contributed by atoms with Crippen molar-refractivity contribution in [1.29, 1.82) is 0 Å². The maximum absolute atomic E-state index is 12.4. The van der Waals surface area contributed by atoms with Crippen molar-refractivity contribution in [3.8, 4) is 0 Å². The Morgan fingerprint density at radius 3 is 2.29 bits per heavy atom. The van der Waals surface area contributed by atoms with E-state index in [1.807, 2.05) is 0 Å². The third-order valence-electron chi connectivity index (χ3n) is 5.73. The molecule has 10 heteroatoms. The van der Waals surface area contributed by atoms with Crippen LogP contribution < -0.4 is 5.32 Å². The fraction of sp³-hybridized carbons (Fsp3) is 0.778. The number of nitrogens with one attached hydrogen (secondary N) is 1. The van der Waals surface area contributed by atoms with E-state index in [4.69, 9.17) is 4.74 Å². The molecule has 1 aliphatic carbocycles. The lowest BCUT2D eigenvalue weighted by Crippen LogP contribution is -2.43. The second kappa shape index (κ2) is 8.18. The zero-order valence-corrected chi connectivity index (χ0v) is 16.7. The highest BCUT2D eigenvalue weighted by Crippen LogP contribution is 2.37. The minimum atomic E-state index is -3.12. The quantitative estimate of drug-likeness (QED) is 0.470. The molecule has 0 aromatic carbocycles. The largest absolute Gasteiger partial charge is 0.452 e. The van der Waals surface area contributed by atoms with E-state index in [1.54, 1.807) is 0 Å². The summed E-state index contributed by atoms with van der Waals surface area (Å²) in [6.07, 6.45) is 2.39. The number of ether oxygens (including phenoxy) is 1. The molecule has 2 saturated heterocycles. The van der Waals surface area contributed by atoms with Gasteiger partial charge in [-0.25, -0.2) is 8.42 Å². The van der Waals surface area contributed by atoms with Crippen molar-refractivity contribution in [2.45, 2.75) is 57.6 Å². The number of imide groups is 1. The van der Waals surface area contributed by atoms with Crippen LogP contribution in [0.15, 0.2) is 0 Å². The lowest BCUT2D eigenvalue weighted by Gasteiger charge is -2.19. The van der Waals surface area contributed by atoms with Gasteiger partial charge in [0.05, 0.1) is 29.8 Å². The number of amides is 3. The van der Waals surface area contributed by atoms with Gasteiger partial charge in [-0.3, -0.25) is 24.1 Å². The fourth-order valence-electron chi connectivity index (χ4n) is 4.19. The van der Waals surface area contributed by atoms with Crippen molar-refractivity contribution in [3.63, 3.8) is 0 Å². The normalized spacial score (nSPS) is 30.0. The maximum atomic E-state index is 12.4. The Morgan fingerprint density at radius 2 is 1.75 bits per heavy atom. The summed E-state index contributed by atoms with van der Waals surface area (Å²) in [5.74, 6) is -2.26. The molecule has 4 atom stereocenters. The van der Waals surface area contributed by atoms with Gasteiger partial charge in [0.1, 0.15) is 0 Å². The Labute approximate surface area is 164 Å². The zero-order valence-electron chi connectivity index (χ0n) is 15.9. The van der Waals surface area contributed by atoms with Gasteiger partial charge in [0.2, 0.25) is 11.8 Å². The van der Waals surface area contributed by atoms with Gasteiger partial charge < -0.3 is 10.1 Å². The standard InChI is InChI=1S/C18H26N2O7S/c1-11(16(22)19-12-7-9-28(25,26)10-12)27-15(21)6-8-20-17(23)13-4-2-3-5-14(13)18(20)24/h11-14H,2-10H2,1H3,(H,19,22)/t11-,12-,13-,14+/m0/s1. The van der Waals surface area contributed by atoms with E-state index in [9.17, 15) is 27.6 Å². The average Bonchev–Trinajstić information content (AvgIpc) is 3.10. The summed E-state index contributed by atoms with van der Waals surface area (Å²) in [6.45, 7) is 1.36. The van der Waals surface area contributed by atoms with Crippen LogP contribution in [-0.4, -0.2) is 67.2 Å². The van der Waals surface area contributed by atoms with Crippen molar-refractivity contribution in [1.82, 2.24) is 10.2 Å².